The van der Waals surface area contributed by atoms with E-state index in [0.717, 1.165) is 71.3 Å². The van der Waals surface area contributed by atoms with Gasteiger partial charge in [0.1, 0.15) is 29.0 Å². The number of anilines is 1. The molecule has 15 heteroatoms. The van der Waals surface area contributed by atoms with Crippen molar-refractivity contribution in [2.75, 3.05) is 52.3 Å². The van der Waals surface area contributed by atoms with Gasteiger partial charge in [-0.25, -0.2) is 4.98 Å². The average Bonchev–Trinajstić information content (AvgIpc) is 3.62. The first-order valence-corrected chi connectivity index (χ1v) is 15.0. The Hall–Kier alpha value is -4.96. The molecule has 0 spiro atoms. The van der Waals surface area contributed by atoms with E-state index in [1.54, 1.807) is 63.9 Å². The van der Waals surface area contributed by atoms with Crippen LogP contribution in [-0.4, -0.2) is 102 Å². The summed E-state index contributed by atoms with van der Waals surface area (Å²) >= 11 is 0. The number of furan rings is 1. The standard InChI is InChI=1S/C17H20N6O2.C10H11NO2.C5H10N2O2/c1-12-8-14-15(25-12)9-13(10-20-14)17(21-24)23-6-4-22(5-7-23)16-11-18-2-3-19-16;1-11-6-7-3-4-8(13-2)5-9(7)10(11)12;1-4(6-2)5(9)7-3-8/h2-3,8-11,17,21,24H,4-7H2,1H3;3-5H,6H2,1-2H3;3-4,6H,1-2H3,(H,7,8,9). The highest BCUT2D eigenvalue weighted by molar-refractivity contribution is 5.98. The molecular formula is C32H41N9O6. The Bertz CT molecular complexity index is 1640. The van der Waals surface area contributed by atoms with Gasteiger partial charge in [-0.05, 0) is 44.7 Å². The maximum absolute atomic E-state index is 11.5. The lowest BCUT2D eigenvalue weighted by Crippen LogP contribution is -2.50. The van der Waals surface area contributed by atoms with Gasteiger partial charge in [-0.1, -0.05) is 6.07 Å². The SMILES string of the molecule is CNC(C)C(=O)NC=O.COc1ccc2c(c1)C(=O)N(C)C2.Cc1cc2ncc(C(NO)N3CCN(c4cnccn4)CC3)cc2o1. The highest BCUT2D eigenvalue weighted by Gasteiger charge is 2.26. The normalized spacial score (nSPS) is 15.5. The first-order chi connectivity index (χ1) is 22.7. The molecule has 2 aliphatic heterocycles. The zero-order chi connectivity index (χ0) is 33.9. The molecule has 5 heterocycles. The largest absolute Gasteiger partial charge is 0.497 e. The lowest BCUT2D eigenvalue weighted by Gasteiger charge is -2.38. The van der Waals surface area contributed by atoms with Crippen LogP contribution in [0.25, 0.3) is 11.1 Å². The van der Waals surface area contributed by atoms with Crippen LogP contribution in [-0.2, 0) is 16.1 Å². The lowest BCUT2D eigenvalue weighted by atomic mass is 10.1. The molecule has 1 aromatic carbocycles. The van der Waals surface area contributed by atoms with Crippen LogP contribution in [0.1, 0.15) is 40.3 Å². The van der Waals surface area contributed by atoms with Crippen LogP contribution in [0.4, 0.5) is 5.82 Å². The van der Waals surface area contributed by atoms with E-state index in [4.69, 9.17) is 9.15 Å². The van der Waals surface area contributed by atoms with Crippen molar-refractivity contribution in [2.24, 2.45) is 0 Å². The molecule has 3 aromatic heterocycles. The van der Waals surface area contributed by atoms with E-state index in [9.17, 15) is 19.6 Å². The number of hydrogen-bond acceptors (Lipinski definition) is 13. The second-order valence-corrected chi connectivity index (χ2v) is 10.9. The smallest absolute Gasteiger partial charge is 0.254 e. The van der Waals surface area contributed by atoms with E-state index < -0.39 is 0 Å². The minimum Gasteiger partial charge on any atom is -0.497 e. The van der Waals surface area contributed by atoms with Crippen molar-refractivity contribution >= 4 is 35.1 Å². The summed E-state index contributed by atoms with van der Waals surface area (Å²) in [4.78, 5) is 50.7. The van der Waals surface area contributed by atoms with Crippen molar-refractivity contribution in [3.8, 4) is 5.75 Å². The van der Waals surface area contributed by atoms with Crippen LogP contribution in [0.2, 0.25) is 0 Å². The number of fused-ring (bicyclic) bond motifs is 2. The topological polar surface area (TPSA) is 178 Å². The van der Waals surface area contributed by atoms with Gasteiger partial charge in [0.15, 0.2) is 5.58 Å². The van der Waals surface area contributed by atoms with E-state index in [0.29, 0.717) is 13.0 Å². The van der Waals surface area contributed by atoms with E-state index in [2.05, 4.69) is 35.5 Å². The van der Waals surface area contributed by atoms with E-state index in [1.165, 1.54) is 0 Å². The van der Waals surface area contributed by atoms with Crippen molar-refractivity contribution in [3.05, 3.63) is 77.6 Å². The molecule has 2 atom stereocenters. The molecule has 2 aliphatic rings. The minimum absolute atomic E-state index is 0.0777. The maximum atomic E-state index is 11.5. The molecule has 47 heavy (non-hydrogen) atoms. The minimum atomic E-state index is -0.327. The van der Waals surface area contributed by atoms with Gasteiger partial charge in [-0.2, -0.15) is 5.48 Å². The molecule has 1 fully saturated rings. The fraction of sp³-hybridized carbons (Fsp3) is 0.375. The van der Waals surface area contributed by atoms with E-state index >= 15 is 0 Å². The average molecular weight is 648 g/mol. The number of carbonyl (C=O) groups excluding carboxylic acids is 3. The molecule has 4 aromatic rings. The summed E-state index contributed by atoms with van der Waals surface area (Å²) in [5, 5.41) is 14.4. The first kappa shape index (κ1) is 34.9. The third kappa shape index (κ3) is 8.86. The number of hydroxylamine groups is 1. The van der Waals surface area contributed by atoms with E-state index in [1.807, 2.05) is 36.5 Å². The fourth-order valence-electron chi connectivity index (χ4n) is 5.10. The number of pyridine rings is 1. The lowest BCUT2D eigenvalue weighted by molar-refractivity contribution is -0.126. The predicted molar refractivity (Wildman–Crippen MR) is 174 cm³/mol. The number of amides is 3. The van der Waals surface area contributed by atoms with Crippen LogP contribution in [0.3, 0.4) is 0 Å². The Morgan fingerprint density at radius 1 is 1.11 bits per heavy atom. The van der Waals surface area contributed by atoms with Crippen LogP contribution in [0, 0.1) is 6.92 Å². The van der Waals surface area contributed by atoms with Crippen molar-refractivity contribution in [2.45, 2.75) is 32.6 Å². The Balaban J connectivity index is 0.000000190. The molecule has 15 nitrogen and oxygen atoms in total. The Labute approximate surface area is 272 Å². The van der Waals surface area contributed by atoms with Gasteiger partial charge in [0, 0.05) is 75.6 Å². The molecule has 0 bridgehead atoms. The number of imide groups is 1. The number of methoxy groups -OCH3 is 1. The summed E-state index contributed by atoms with van der Waals surface area (Å²) in [7, 11) is 5.05. The first-order valence-electron chi connectivity index (χ1n) is 15.0. The van der Waals surface area contributed by atoms with Gasteiger partial charge in [-0.15, -0.1) is 0 Å². The zero-order valence-corrected chi connectivity index (χ0v) is 27.1. The van der Waals surface area contributed by atoms with Crippen LogP contribution >= 0.6 is 0 Å². The molecule has 2 unspecified atom stereocenters. The number of nitrogens with one attached hydrogen (secondary N) is 3. The zero-order valence-electron chi connectivity index (χ0n) is 27.1. The summed E-state index contributed by atoms with van der Waals surface area (Å²) < 4.78 is 10.7. The van der Waals surface area contributed by atoms with Gasteiger partial charge in [0.05, 0.1) is 19.3 Å². The van der Waals surface area contributed by atoms with Gasteiger partial charge < -0.3 is 29.5 Å². The quantitative estimate of drug-likeness (QED) is 0.161. The third-order valence-corrected chi connectivity index (χ3v) is 7.83. The number of ether oxygens (including phenoxy) is 1. The molecule has 0 radical (unpaired) electrons. The summed E-state index contributed by atoms with van der Waals surface area (Å²) in [5.41, 5.74) is 6.68. The number of aryl methyl sites for hydroxylation is 1. The number of rotatable bonds is 8. The Morgan fingerprint density at radius 3 is 2.51 bits per heavy atom. The second kappa shape index (κ2) is 16.6. The molecular weight excluding hydrogens is 606 g/mol. The molecule has 0 saturated carbocycles. The maximum Gasteiger partial charge on any atom is 0.254 e. The van der Waals surface area contributed by atoms with Crippen LogP contribution < -0.4 is 25.8 Å². The molecule has 250 valence electrons. The highest BCUT2D eigenvalue weighted by atomic mass is 16.5. The molecule has 4 N–H and O–H groups in total. The predicted octanol–water partition coefficient (Wildman–Crippen LogP) is 1.87. The number of likely N-dealkylation sites (N-methyl/N-ethyl adjacent to an activating group) is 1. The van der Waals surface area contributed by atoms with Crippen molar-refractivity contribution in [3.63, 3.8) is 0 Å². The summed E-state index contributed by atoms with van der Waals surface area (Å²) in [5.74, 6) is 2.21. The number of aromatic nitrogens is 3. The van der Waals surface area contributed by atoms with Crippen molar-refractivity contribution in [1.29, 1.82) is 0 Å². The number of hydrogen-bond donors (Lipinski definition) is 4. The molecule has 1 saturated heterocycles. The van der Waals surface area contributed by atoms with Gasteiger partial charge in [-0.3, -0.25) is 34.6 Å². The van der Waals surface area contributed by atoms with Crippen molar-refractivity contribution in [1.82, 2.24) is 40.9 Å². The van der Waals surface area contributed by atoms with Crippen LogP contribution in [0.15, 0.2) is 59.5 Å². The second-order valence-electron chi connectivity index (χ2n) is 10.9. The Kier molecular flexibility index (Phi) is 12.3. The summed E-state index contributed by atoms with van der Waals surface area (Å²) in [6.45, 7) is 7.46. The Morgan fingerprint density at radius 2 is 1.87 bits per heavy atom. The number of nitrogens with zero attached hydrogens (tertiary/aromatic N) is 6. The van der Waals surface area contributed by atoms with Gasteiger partial charge >= 0.3 is 0 Å². The fourth-order valence-corrected chi connectivity index (χ4v) is 5.10. The number of piperazine rings is 1. The number of benzene rings is 1. The monoisotopic (exact) mass is 647 g/mol. The third-order valence-electron chi connectivity index (χ3n) is 7.83. The summed E-state index contributed by atoms with van der Waals surface area (Å²) in [6.07, 6.45) is 6.97. The molecule has 6 rings (SSSR count). The van der Waals surface area contributed by atoms with Gasteiger partial charge in [0.25, 0.3) is 5.91 Å². The van der Waals surface area contributed by atoms with Gasteiger partial charge in [0.2, 0.25) is 12.3 Å². The summed E-state index contributed by atoms with van der Waals surface area (Å²) in [6, 6.07) is 9.13. The van der Waals surface area contributed by atoms with Crippen molar-refractivity contribution < 1.29 is 28.7 Å². The number of carbonyl (C=O) groups is 3. The molecule has 3 amide bonds. The van der Waals surface area contributed by atoms with Crippen LogP contribution in [0.5, 0.6) is 5.75 Å². The highest BCUT2D eigenvalue weighted by Crippen LogP contribution is 2.26. The molecule has 0 aliphatic carbocycles. The van der Waals surface area contributed by atoms with E-state index in [-0.39, 0.29) is 24.0 Å².